The predicted molar refractivity (Wildman–Crippen MR) is 78.5 cm³/mol. The molecule has 3 heteroatoms. The summed E-state index contributed by atoms with van der Waals surface area (Å²) in [5, 5.41) is 3.43. The van der Waals surface area contributed by atoms with Crippen molar-refractivity contribution in [3.05, 3.63) is 29.6 Å². The first-order valence-corrected chi connectivity index (χ1v) is 7.76. The molecule has 1 aromatic rings. The number of benzene rings is 1. The van der Waals surface area contributed by atoms with Crippen LogP contribution in [-0.2, 0) is 0 Å². The first-order chi connectivity index (χ1) is 9.65. The van der Waals surface area contributed by atoms with Gasteiger partial charge >= 0.3 is 0 Å². The molecular formula is C17H24FNO. The van der Waals surface area contributed by atoms with Crippen molar-refractivity contribution in [2.45, 2.75) is 57.6 Å². The Labute approximate surface area is 120 Å². The van der Waals surface area contributed by atoms with Gasteiger partial charge in [-0.15, -0.1) is 0 Å². The molecule has 0 saturated heterocycles. The van der Waals surface area contributed by atoms with E-state index in [1.165, 1.54) is 38.2 Å². The second-order valence-corrected chi connectivity index (χ2v) is 6.41. The molecule has 2 fully saturated rings. The lowest BCUT2D eigenvalue weighted by molar-refractivity contribution is -0.102. The Morgan fingerprint density at radius 2 is 2.00 bits per heavy atom. The molecule has 2 aliphatic rings. The maximum Gasteiger partial charge on any atom is 0.165 e. The van der Waals surface area contributed by atoms with Crippen LogP contribution >= 0.6 is 0 Å². The average Bonchev–Trinajstić information content (AvgIpc) is 2.47. The lowest BCUT2D eigenvalue weighted by Crippen LogP contribution is -2.64. The predicted octanol–water partition coefficient (Wildman–Crippen LogP) is 3.82. The highest BCUT2D eigenvalue weighted by Gasteiger charge is 2.56. The van der Waals surface area contributed by atoms with E-state index in [4.69, 9.17) is 4.74 Å². The smallest absolute Gasteiger partial charge is 0.165 e. The van der Waals surface area contributed by atoms with Gasteiger partial charge in [-0.1, -0.05) is 25.3 Å². The Hall–Kier alpha value is -1.09. The molecule has 110 valence electrons. The van der Waals surface area contributed by atoms with Crippen molar-refractivity contribution in [3.63, 3.8) is 0 Å². The quantitative estimate of drug-likeness (QED) is 0.906. The molecule has 2 saturated carbocycles. The van der Waals surface area contributed by atoms with Gasteiger partial charge in [-0.3, -0.25) is 0 Å². The molecule has 2 nitrogen and oxygen atoms in total. The summed E-state index contributed by atoms with van der Waals surface area (Å²) in [6.07, 6.45) is 7.43. The van der Waals surface area contributed by atoms with Crippen molar-refractivity contribution >= 4 is 0 Å². The van der Waals surface area contributed by atoms with E-state index in [0.717, 1.165) is 12.0 Å². The van der Waals surface area contributed by atoms with Crippen LogP contribution in [0.1, 0.15) is 44.1 Å². The zero-order chi connectivity index (χ0) is 14.2. The molecular weight excluding hydrogens is 253 g/mol. The highest BCUT2D eigenvalue weighted by atomic mass is 19.1. The summed E-state index contributed by atoms with van der Waals surface area (Å²) in [6.45, 7) is 1.97. The fourth-order valence-electron chi connectivity index (χ4n) is 4.05. The second kappa shape index (κ2) is 5.36. The zero-order valence-corrected chi connectivity index (χ0v) is 12.4. The highest BCUT2D eigenvalue weighted by Crippen LogP contribution is 2.53. The molecule has 1 aromatic carbocycles. The van der Waals surface area contributed by atoms with E-state index in [1.54, 1.807) is 6.07 Å². The summed E-state index contributed by atoms with van der Waals surface area (Å²) in [4.78, 5) is 0. The van der Waals surface area contributed by atoms with E-state index in [9.17, 15) is 4.39 Å². The van der Waals surface area contributed by atoms with Crippen LogP contribution in [0.2, 0.25) is 0 Å². The molecule has 0 bridgehead atoms. The summed E-state index contributed by atoms with van der Waals surface area (Å²) >= 11 is 0. The molecule has 0 aliphatic heterocycles. The van der Waals surface area contributed by atoms with E-state index in [0.29, 0.717) is 11.8 Å². The topological polar surface area (TPSA) is 21.3 Å². The normalized spacial score (nSPS) is 28.1. The van der Waals surface area contributed by atoms with Gasteiger partial charge in [0.25, 0.3) is 0 Å². The molecule has 2 atom stereocenters. The maximum absolute atomic E-state index is 13.9. The first-order valence-electron chi connectivity index (χ1n) is 7.76. The van der Waals surface area contributed by atoms with Crippen molar-refractivity contribution in [1.82, 2.24) is 5.32 Å². The second-order valence-electron chi connectivity index (χ2n) is 6.41. The lowest BCUT2D eigenvalue weighted by Gasteiger charge is -2.57. The van der Waals surface area contributed by atoms with Crippen molar-refractivity contribution in [2.24, 2.45) is 5.41 Å². The van der Waals surface area contributed by atoms with E-state index in [-0.39, 0.29) is 17.3 Å². The van der Waals surface area contributed by atoms with Crippen LogP contribution in [0.15, 0.2) is 18.2 Å². The zero-order valence-electron chi connectivity index (χ0n) is 12.4. The van der Waals surface area contributed by atoms with Gasteiger partial charge in [-0.05, 0) is 44.5 Å². The summed E-state index contributed by atoms with van der Waals surface area (Å²) in [5.74, 6) is 0.184. The molecule has 3 rings (SSSR count). The SMILES string of the molecule is CNC1CC(Oc2cc(C)ccc2F)C12CCCCC2. The van der Waals surface area contributed by atoms with Gasteiger partial charge in [0.15, 0.2) is 11.6 Å². The number of hydrogen-bond acceptors (Lipinski definition) is 2. The summed E-state index contributed by atoms with van der Waals surface area (Å²) in [7, 11) is 2.03. The maximum atomic E-state index is 13.9. The van der Waals surface area contributed by atoms with Crippen LogP contribution in [0, 0.1) is 18.2 Å². The summed E-state index contributed by atoms with van der Waals surface area (Å²) < 4.78 is 20.0. The Kier molecular flexibility index (Phi) is 3.72. The summed E-state index contributed by atoms with van der Waals surface area (Å²) in [5.41, 5.74) is 1.27. The van der Waals surface area contributed by atoms with Crippen LogP contribution in [-0.4, -0.2) is 19.2 Å². The van der Waals surface area contributed by atoms with Gasteiger partial charge in [-0.2, -0.15) is 0 Å². The first kappa shape index (κ1) is 13.9. The largest absolute Gasteiger partial charge is 0.487 e. The third-order valence-corrected chi connectivity index (χ3v) is 5.27. The standard InChI is InChI=1S/C17H24FNO/c1-12-6-7-13(18)14(10-12)20-16-11-15(19-2)17(16)8-4-3-5-9-17/h6-7,10,15-16,19H,3-5,8-9,11H2,1-2H3. The van der Waals surface area contributed by atoms with Crippen molar-refractivity contribution in [1.29, 1.82) is 0 Å². The number of nitrogens with one attached hydrogen (secondary N) is 1. The van der Waals surface area contributed by atoms with Crippen LogP contribution in [0.5, 0.6) is 5.75 Å². The number of rotatable bonds is 3. The van der Waals surface area contributed by atoms with Gasteiger partial charge in [0.1, 0.15) is 6.10 Å². The number of hydrogen-bond donors (Lipinski definition) is 1. The molecule has 20 heavy (non-hydrogen) atoms. The molecule has 2 aliphatic carbocycles. The van der Waals surface area contributed by atoms with Gasteiger partial charge < -0.3 is 10.1 Å². The number of ether oxygens (including phenoxy) is 1. The van der Waals surface area contributed by atoms with E-state index < -0.39 is 0 Å². The minimum atomic E-state index is -0.241. The fraction of sp³-hybridized carbons (Fsp3) is 0.647. The minimum absolute atomic E-state index is 0.163. The molecule has 1 spiro atoms. The number of aryl methyl sites for hydroxylation is 1. The molecule has 1 N–H and O–H groups in total. The third kappa shape index (κ3) is 2.22. The highest BCUT2D eigenvalue weighted by molar-refractivity contribution is 5.30. The molecule has 0 amide bonds. The van der Waals surface area contributed by atoms with Crippen molar-refractivity contribution < 1.29 is 9.13 Å². The monoisotopic (exact) mass is 277 g/mol. The van der Waals surface area contributed by atoms with Crippen LogP contribution in [0.4, 0.5) is 4.39 Å². The van der Waals surface area contributed by atoms with Gasteiger partial charge in [0.2, 0.25) is 0 Å². The van der Waals surface area contributed by atoms with Crippen molar-refractivity contribution in [3.8, 4) is 5.75 Å². The molecule has 0 heterocycles. The third-order valence-electron chi connectivity index (χ3n) is 5.27. The fourth-order valence-corrected chi connectivity index (χ4v) is 4.05. The Morgan fingerprint density at radius 3 is 2.70 bits per heavy atom. The van der Waals surface area contributed by atoms with Crippen LogP contribution < -0.4 is 10.1 Å². The Balaban J connectivity index is 1.78. The minimum Gasteiger partial charge on any atom is -0.487 e. The number of halogens is 1. The molecule has 0 aromatic heterocycles. The molecule has 0 radical (unpaired) electrons. The van der Waals surface area contributed by atoms with Crippen molar-refractivity contribution in [2.75, 3.05) is 7.05 Å². The van der Waals surface area contributed by atoms with Gasteiger partial charge in [-0.25, -0.2) is 4.39 Å². The lowest BCUT2D eigenvalue weighted by atomic mass is 9.55. The van der Waals surface area contributed by atoms with Crippen LogP contribution in [0.25, 0.3) is 0 Å². The van der Waals surface area contributed by atoms with Gasteiger partial charge in [0.05, 0.1) is 0 Å². The van der Waals surface area contributed by atoms with E-state index in [1.807, 2.05) is 20.0 Å². The Morgan fingerprint density at radius 1 is 1.25 bits per heavy atom. The van der Waals surface area contributed by atoms with Crippen LogP contribution in [0.3, 0.4) is 0 Å². The van der Waals surface area contributed by atoms with Gasteiger partial charge in [0, 0.05) is 17.9 Å². The average molecular weight is 277 g/mol. The Bertz CT molecular complexity index is 482. The molecule has 2 unspecified atom stereocenters. The van der Waals surface area contributed by atoms with E-state index >= 15 is 0 Å². The summed E-state index contributed by atoms with van der Waals surface area (Å²) in [6, 6.07) is 5.64. The van der Waals surface area contributed by atoms with E-state index in [2.05, 4.69) is 5.32 Å².